The molecule has 1 aromatic carbocycles. The third kappa shape index (κ3) is 1.88. The van der Waals surface area contributed by atoms with Gasteiger partial charge in [-0.2, -0.15) is 0 Å². The summed E-state index contributed by atoms with van der Waals surface area (Å²) in [5.41, 5.74) is 0.507. The Labute approximate surface area is 88.7 Å². The molecule has 3 nitrogen and oxygen atoms in total. The predicted molar refractivity (Wildman–Crippen MR) is 55.8 cm³/mol. The van der Waals surface area contributed by atoms with Crippen molar-refractivity contribution < 1.29 is 14.6 Å². The highest BCUT2D eigenvalue weighted by Gasteiger charge is 2.35. The molecule has 0 aliphatic carbocycles. The molecule has 1 aliphatic heterocycles. The van der Waals surface area contributed by atoms with Crippen molar-refractivity contribution in [2.45, 2.75) is 12.8 Å². The number of ether oxygens (including phenoxy) is 1. The SMILES string of the molecule is O=CC1(CCO)COc2ccccc2C1. The summed E-state index contributed by atoms with van der Waals surface area (Å²) >= 11 is 0. The lowest BCUT2D eigenvalue weighted by molar-refractivity contribution is -0.119. The van der Waals surface area contributed by atoms with Crippen molar-refractivity contribution in [3.8, 4) is 5.75 Å². The lowest BCUT2D eigenvalue weighted by Crippen LogP contribution is -2.37. The van der Waals surface area contributed by atoms with Crippen molar-refractivity contribution in [2.24, 2.45) is 5.41 Å². The third-order valence-corrected chi connectivity index (χ3v) is 2.89. The van der Waals surface area contributed by atoms with Crippen molar-refractivity contribution in [3.63, 3.8) is 0 Å². The van der Waals surface area contributed by atoms with Gasteiger partial charge in [0.1, 0.15) is 18.6 Å². The fraction of sp³-hybridized carbons (Fsp3) is 0.417. The fourth-order valence-corrected chi connectivity index (χ4v) is 1.96. The van der Waals surface area contributed by atoms with E-state index in [2.05, 4.69) is 0 Å². The van der Waals surface area contributed by atoms with Crippen LogP contribution in [0.3, 0.4) is 0 Å². The summed E-state index contributed by atoms with van der Waals surface area (Å²) in [7, 11) is 0. The van der Waals surface area contributed by atoms with Gasteiger partial charge >= 0.3 is 0 Å². The van der Waals surface area contributed by atoms with Crippen LogP contribution in [0.4, 0.5) is 0 Å². The summed E-state index contributed by atoms with van der Waals surface area (Å²) in [4.78, 5) is 11.1. The van der Waals surface area contributed by atoms with Gasteiger partial charge in [-0.1, -0.05) is 18.2 Å². The molecule has 0 saturated carbocycles. The van der Waals surface area contributed by atoms with Gasteiger partial charge in [-0.3, -0.25) is 0 Å². The van der Waals surface area contributed by atoms with E-state index >= 15 is 0 Å². The number of aliphatic hydroxyl groups is 1. The van der Waals surface area contributed by atoms with Gasteiger partial charge in [0, 0.05) is 6.61 Å². The van der Waals surface area contributed by atoms with Crippen LogP contribution in [0, 0.1) is 5.41 Å². The largest absolute Gasteiger partial charge is 0.492 e. The van der Waals surface area contributed by atoms with E-state index in [1.807, 2.05) is 24.3 Å². The smallest absolute Gasteiger partial charge is 0.129 e. The Kier molecular flexibility index (Phi) is 2.73. The number of aliphatic hydroxyl groups excluding tert-OH is 1. The number of para-hydroxylation sites is 1. The van der Waals surface area contributed by atoms with Gasteiger partial charge in [-0.05, 0) is 24.5 Å². The summed E-state index contributed by atoms with van der Waals surface area (Å²) in [6.07, 6.45) is 2.04. The van der Waals surface area contributed by atoms with Gasteiger partial charge < -0.3 is 14.6 Å². The maximum Gasteiger partial charge on any atom is 0.129 e. The van der Waals surface area contributed by atoms with E-state index < -0.39 is 5.41 Å². The van der Waals surface area contributed by atoms with Crippen LogP contribution in [0.25, 0.3) is 0 Å². The first-order valence-electron chi connectivity index (χ1n) is 5.07. The van der Waals surface area contributed by atoms with Gasteiger partial charge in [0.2, 0.25) is 0 Å². The second kappa shape index (κ2) is 4.03. The molecule has 0 spiro atoms. The quantitative estimate of drug-likeness (QED) is 0.756. The Morgan fingerprint density at radius 2 is 2.27 bits per heavy atom. The highest BCUT2D eigenvalue weighted by atomic mass is 16.5. The minimum Gasteiger partial charge on any atom is -0.492 e. The van der Waals surface area contributed by atoms with Crippen LogP contribution in [-0.4, -0.2) is 24.6 Å². The van der Waals surface area contributed by atoms with Crippen molar-refractivity contribution >= 4 is 6.29 Å². The molecule has 3 heteroatoms. The van der Waals surface area contributed by atoms with Crippen LogP contribution in [0.5, 0.6) is 5.75 Å². The predicted octanol–water partition coefficient (Wildman–Crippen LogP) is 1.19. The number of carbonyl (C=O) groups excluding carboxylic acids is 1. The molecule has 1 aliphatic rings. The highest BCUT2D eigenvalue weighted by molar-refractivity contribution is 5.62. The Balaban J connectivity index is 2.26. The number of benzene rings is 1. The lowest BCUT2D eigenvalue weighted by atomic mass is 9.79. The van der Waals surface area contributed by atoms with Gasteiger partial charge in [0.25, 0.3) is 0 Å². The van der Waals surface area contributed by atoms with Crippen molar-refractivity contribution in [3.05, 3.63) is 29.8 Å². The fourth-order valence-electron chi connectivity index (χ4n) is 1.96. The molecule has 2 rings (SSSR count). The first-order valence-corrected chi connectivity index (χ1v) is 5.07. The highest BCUT2D eigenvalue weighted by Crippen LogP contribution is 2.35. The zero-order valence-electron chi connectivity index (χ0n) is 8.48. The molecule has 0 aromatic heterocycles. The Morgan fingerprint density at radius 1 is 1.47 bits per heavy atom. The number of hydrogen-bond donors (Lipinski definition) is 1. The van der Waals surface area contributed by atoms with Crippen molar-refractivity contribution in [1.82, 2.24) is 0 Å². The molecule has 0 amide bonds. The zero-order valence-corrected chi connectivity index (χ0v) is 8.48. The molecular weight excluding hydrogens is 192 g/mol. The van der Waals surface area contributed by atoms with Gasteiger partial charge in [0.05, 0.1) is 5.41 Å². The van der Waals surface area contributed by atoms with Crippen molar-refractivity contribution in [1.29, 1.82) is 0 Å². The van der Waals surface area contributed by atoms with Gasteiger partial charge in [0.15, 0.2) is 0 Å². The third-order valence-electron chi connectivity index (χ3n) is 2.89. The molecule has 1 aromatic rings. The number of carbonyl (C=O) groups is 1. The van der Waals surface area contributed by atoms with Crippen LogP contribution in [0.1, 0.15) is 12.0 Å². The standard InChI is InChI=1S/C12H14O3/c13-6-5-12(8-14)7-10-3-1-2-4-11(10)15-9-12/h1-4,8,13H,5-7,9H2. The van der Waals surface area contributed by atoms with Crippen LogP contribution < -0.4 is 4.74 Å². The Hall–Kier alpha value is -1.35. The molecule has 0 saturated heterocycles. The topological polar surface area (TPSA) is 46.5 Å². The second-order valence-corrected chi connectivity index (χ2v) is 4.03. The van der Waals surface area contributed by atoms with E-state index in [1.54, 1.807) is 0 Å². The number of fused-ring (bicyclic) bond motifs is 1. The number of aldehydes is 1. The van der Waals surface area contributed by atoms with Crippen molar-refractivity contribution in [2.75, 3.05) is 13.2 Å². The molecular formula is C12H14O3. The minimum atomic E-state index is -0.539. The molecule has 1 N–H and O–H groups in total. The van der Waals surface area contributed by atoms with Crippen LogP contribution in [0.15, 0.2) is 24.3 Å². The molecule has 15 heavy (non-hydrogen) atoms. The zero-order chi connectivity index (χ0) is 10.7. The Morgan fingerprint density at radius 3 is 3.00 bits per heavy atom. The van der Waals surface area contributed by atoms with E-state index in [-0.39, 0.29) is 6.61 Å². The molecule has 1 heterocycles. The van der Waals surface area contributed by atoms with Gasteiger partial charge in [-0.15, -0.1) is 0 Å². The minimum absolute atomic E-state index is 0.0181. The molecule has 0 bridgehead atoms. The van der Waals surface area contributed by atoms with Gasteiger partial charge in [-0.25, -0.2) is 0 Å². The molecule has 0 fully saturated rings. The first kappa shape index (κ1) is 10.2. The summed E-state index contributed by atoms with van der Waals surface area (Å²) < 4.78 is 5.54. The van der Waals surface area contributed by atoms with E-state index in [9.17, 15) is 4.79 Å². The normalized spacial score (nSPS) is 24.1. The maximum absolute atomic E-state index is 11.1. The number of rotatable bonds is 3. The monoisotopic (exact) mass is 206 g/mol. The summed E-state index contributed by atoms with van der Waals surface area (Å²) in [6.45, 7) is 0.387. The molecule has 0 radical (unpaired) electrons. The summed E-state index contributed by atoms with van der Waals surface area (Å²) in [5.74, 6) is 0.855. The average Bonchev–Trinajstić information content (AvgIpc) is 2.29. The molecule has 1 unspecified atom stereocenters. The lowest BCUT2D eigenvalue weighted by Gasteiger charge is -2.32. The van der Waals surface area contributed by atoms with Crippen LogP contribution in [0.2, 0.25) is 0 Å². The number of hydrogen-bond acceptors (Lipinski definition) is 3. The maximum atomic E-state index is 11.1. The summed E-state index contributed by atoms with van der Waals surface area (Å²) in [5, 5.41) is 8.95. The average molecular weight is 206 g/mol. The van der Waals surface area contributed by atoms with Crippen LogP contribution >= 0.6 is 0 Å². The van der Waals surface area contributed by atoms with E-state index in [4.69, 9.17) is 9.84 Å². The first-order chi connectivity index (χ1) is 7.29. The van der Waals surface area contributed by atoms with E-state index in [1.165, 1.54) is 0 Å². The van der Waals surface area contributed by atoms with E-state index in [0.717, 1.165) is 17.6 Å². The van der Waals surface area contributed by atoms with E-state index in [0.29, 0.717) is 19.4 Å². The van der Waals surface area contributed by atoms with Crippen LogP contribution in [-0.2, 0) is 11.2 Å². The molecule has 1 atom stereocenters. The second-order valence-electron chi connectivity index (χ2n) is 4.03. The summed E-state index contributed by atoms with van der Waals surface area (Å²) in [6, 6.07) is 7.72. The molecule has 80 valence electrons. The Bertz CT molecular complexity index is 362.